The topological polar surface area (TPSA) is 58.7 Å². The first kappa shape index (κ1) is 15.3. The number of hydrogen-bond donors (Lipinski definition) is 2. The summed E-state index contributed by atoms with van der Waals surface area (Å²) in [6.45, 7) is 5.83. The van der Waals surface area contributed by atoms with E-state index in [-0.39, 0.29) is 6.23 Å². The van der Waals surface area contributed by atoms with E-state index >= 15 is 0 Å². The molecule has 1 aromatic rings. The molecule has 112 valence electrons. The third-order valence-electron chi connectivity index (χ3n) is 4.28. The molecule has 1 aromatic carbocycles. The Morgan fingerprint density at radius 2 is 2.00 bits per heavy atom. The van der Waals surface area contributed by atoms with E-state index in [1.807, 2.05) is 6.07 Å². The highest BCUT2D eigenvalue weighted by Crippen LogP contribution is 2.32. The van der Waals surface area contributed by atoms with Crippen molar-refractivity contribution in [3.8, 4) is 0 Å². The van der Waals surface area contributed by atoms with Gasteiger partial charge in [-0.1, -0.05) is 6.07 Å². The first-order valence-electron chi connectivity index (χ1n) is 7.34. The lowest BCUT2D eigenvalue weighted by Crippen LogP contribution is -2.47. The van der Waals surface area contributed by atoms with Gasteiger partial charge < -0.3 is 15.6 Å². The smallest absolute Gasteiger partial charge is 0.136 e. The molecule has 1 aliphatic heterocycles. The van der Waals surface area contributed by atoms with Crippen LogP contribution in [0.1, 0.15) is 36.8 Å². The summed E-state index contributed by atoms with van der Waals surface area (Å²) in [6.07, 6.45) is 1.53. The van der Waals surface area contributed by atoms with Gasteiger partial charge in [0, 0.05) is 25.9 Å². The van der Waals surface area contributed by atoms with Gasteiger partial charge in [0.1, 0.15) is 6.23 Å². The summed E-state index contributed by atoms with van der Waals surface area (Å²) < 4.78 is 5.39. The molecule has 1 saturated heterocycles. The third kappa shape index (κ3) is 3.32. The molecule has 2 unspecified atom stereocenters. The van der Waals surface area contributed by atoms with Crippen LogP contribution < -0.4 is 5.73 Å². The van der Waals surface area contributed by atoms with Gasteiger partial charge in [0.15, 0.2) is 0 Å². The van der Waals surface area contributed by atoms with Gasteiger partial charge in [0.2, 0.25) is 0 Å². The number of nitrogen functional groups attached to an aromatic ring is 1. The van der Waals surface area contributed by atoms with Gasteiger partial charge >= 0.3 is 0 Å². The number of aryl methyl sites for hydroxylation is 1. The van der Waals surface area contributed by atoms with E-state index in [1.54, 1.807) is 14.0 Å². The van der Waals surface area contributed by atoms with Crippen LogP contribution >= 0.6 is 0 Å². The second-order valence-electron chi connectivity index (χ2n) is 5.79. The zero-order chi connectivity index (χ0) is 14.7. The molecular formula is C16H26N2O2. The van der Waals surface area contributed by atoms with E-state index in [2.05, 4.69) is 24.0 Å². The minimum atomic E-state index is -0.463. The molecule has 0 amide bonds. The van der Waals surface area contributed by atoms with Crippen LogP contribution in [-0.2, 0) is 4.74 Å². The summed E-state index contributed by atoms with van der Waals surface area (Å²) in [5.74, 6) is 0.582. The Hall–Kier alpha value is -1.10. The maximum Gasteiger partial charge on any atom is 0.136 e. The molecule has 0 aromatic heterocycles. The largest absolute Gasteiger partial charge is 0.399 e. The van der Waals surface area contributed by atoms with Crippen LogP contribution in [0.5, 0.6) is 0 Å². The van der Waals surface area contributed by atoms with E-state index in [4.69, 9.17) is 10.5 Å². The van der Waals surface area contributed by atoms with Gasteiger partial charge in [0.25, 0.3) is 0 Å². The minimum Gasteiger partial charge on any atom is -0.399 e. The van der Waals surface area contributed by atoms with E-state index in [0.717, 1.165) is 31.6 Å². The van der Waals surface area contributed by atoms with Gasteiger partial charge in [-0.2, -0.15) is 0 Å². The number of rotatable bonds is 4. The SMILES string of the molecule is COC(C(C)O)N1CCC(c2ccc(N)cc2C)CC1. The fourth-order valence-corrected chi connectivity index (χ4v) is 3.27. The Kier molecular flexibility index (Phi) is 5.02. The first-order chi connectivity index (χ1) is 9.52. The number of benzene rings is 1. The molecule has 0 radical (unpaired) electrons. The number of likely N-dealkylation sites (tertiary alicyclic amines) is 1. The second-order valence-corrected chi connectivity index (χ2v) is 5.79. The van der Waals surface area contributed by atoms with Crippen molar-refractivity contribution in [3.05, 3.63) is 29.3 Å². The predicted molar refractivity (Wildman–Crippen MR) is 81.6 cm³/mol. The highest BCUT2D eigenvalue weighted by Gasteiger charge is 2.28. The monoisotopic (exact) mass is 278 g/mol. The molecule has 1 heterocycles. The summed E-state index contributed by atoms with van der Waals surface area (Å²) in [4.78, 5) is 2.23. The molecule has 4 heteroatoms. The van der Waals surface area contributed by atoms with E-state index in [1.165, 1.54) is 11.1 Å². The summed E-state index contributed by atoms with van der Waals surface area (Å²) in [5, 5.41) is 9.74. The van der Waals surface area contributed by atoms with Crippen LogP contribution in [0.3, 0.4) is 0 Å². The average molecular weight is 278 g/mol. The number of ether oxygens (including phenoxy) is 1. The van der Waals surface area contributed by atoms with Crippen molar-refractivity contribution in [2.45, 2.75) is 44.9 Å². The molecule has 20 heavy (non-hydrogen) atoms. The number of nitrogens with two attached hydrogens (primary N) is 1. The summed E-state index contributed by atoms with van der Waals surface area (Å²) in [7, 11) is 1.66. The van der Waals surface area contributed by atoms with Crippen LogP contribution in [0, 0.1) is 6.92 Å². The molecule has 0 aliphatic carbocycles. The van der Waals surface area contributed by atoms with E-state index in [9.17, 15) is 5.11 Å². The summed E-state index contributed by atoms with van der Waals surface area (Å²) in [6, 6.07) is 6.20. The van der Waals surface area contributed by atoms with Crippen LogP contribution in [0.15, 0.2) is 18.2 Å². The van der Waals surface area contributed by atoms with E-state index < -0.39 is 6.10 Å². The molecule has 1 aliphatic rings. The van der Waals surface area contributed by atoms with Crippen molar-refractivity contribution in [1.29, 1.82) is 0 Å². The Bertz CT molecular complexity index is 440. The molecule has 4 nitrogen and oxygen atoms in total. The molecule has 0 spiro atoms. The van der Waals surface area contributed by atoms with Gasteiger partial charge in [-0.15, -0.1) is 0 Å². The molecule has 1 fully saturated rings. The zero-order valence-corrected chi connectivity index (χ0v) is 12.7. The number of nitrogens with zero attached hydrogens (tertiary/aromatic N) is 1. The van der Waals surface area contributed by atoms with Crippen LogP contribution in [0.4, 0.5) is 5.69 Å². The van der Waals surface area contributed by atoms with Gasteiger partial charge in [0.05, 0.1) is 6.10 Å². The lowest BCUT2D eigenvalue weighted by molar-refractivity contribution is -0.107. The highest BCUT2D eigenvalue weighted by molar-refractivity contribution is 5.45. The van der Waals surface area contributed by atoms with Gasteiger partial charge in [-0.3, -0.25) is 4.90 Å². The maximum absolute atomic E-state index is 9.74. The molecule has 2 atom stereocenters. The standard InChI is InChI=1S/C16H26N2O2/c1-11-10-14(17)4-5-15(11)13-6-8-18(9-7-13)16(20-3)12(2)19/h4-5,10,12-13,16,19H,6-9,17H2,1-3H3. The highest BCUT2D eigenvalue weighted by atomic mass is 16.5. The van der Waals surface area contributed by atoms with Crippen LogP contribution in [0.2, 0.25) is 0 Å². The quantitative estimate of drug-likeness (QED) is 0.828. The van der Waals surface area contributed by atoms with Gasteiger partial charge in [-0.25, -0.2) is 0 Å². The fourth-order valence-electron chi connectivity index (χ4n) is 3.27. The third-order valence-corrected chi connectivity index (χ3v) is 4.28. The Morgan fingerprint density at radius 3 is 2.50 bits per heavy atom. The van der Waals surface area contributed by atoms with Crippen molar-refractivity contribution in [2.75, 3.05) is 25.9 Å². The van der Waals surface area contributed by atoms with E-state index in [0.29, 0.717) is 5.92 Å². The minimum absolute atomic E-state index is 0.191. The zero-order valence-electron chi connectivity index (χ0n) is 12.7. The first-order valence-corrected chi connectivity index (χ1v) is 7.34. The molecule has 3 N–H and O–H groups in total. The lowest BCUT2D eigenvalue weighted by Gasteiger charge is -2.38. The molecule has 0 saturated carbocycles. The van der Waals surface area contributed by atoms with Crippen molar-refractivity contribution in [2.24, 2.45) is 0 Å². The fraction of sp³-hybridized carbons (Fsp3) is 0.625. The Morgan fingerprint density at radius 1 is 1.35 bits per heavy atom. The average Bonchev–Trinajstić information content (AvgIpc) is 2.40. The molecule has 2 rings (SSSR count). The van der Waals surface area contributed by atoms with Crippen molar-refractivity contribution in [3.63, 3.8) is 0 Å². The second kappa shape index (κ2) is 6.57. The Balaban J connectivity index is 2.00. The van der Waals surface area contributed by atoms with Crippen molar-refractivity contribution < 1.29 is 9.84 Å². The van der Waals surface area contributed by atoms with Gasteiger partial charge in [-0.05, 0) is 55.9 Å². The number of hydrogen-bond acceptors (Lipinski definition) is 4. The molecular weight excluding hydrogens is 252 g/mol. The van der Waals surface area contributed by atoms with Crippen molar-refractivity contribution >= 4 is 5.69 Å². The number of aliphatic hydroxyl groups excluding tert-OH is 1. The summed E-state index contributed by atoms with van der Waals surface area (Å²) in [5.41, 5.74) is 9.34. The normalized spacial score (nSPS) is 20.8. The number of methoxy groups -OCH3 is 1. The Labute approximate surface area is 121 Å². The van der Waals surface area contributed by atoms with Crippen LogP contribution in [0.25, 0.3) is 0 Å². The van der Waals surface area contributed by atoms with Crippen molar-refractivity contribution in [1.82, 2.24) is 4.90 Å². The lowest BCUT2D eigenvalue weighted by atomic mass is 9.86. The number of piperidine rings is 1. The predicted octanol–water partition coefficient (Wildman–Crippen LogP) is 2.11. The maximum atomic E-state index is 9.74. The summed E-state index contributed by atoms with van der Waals surface area (Å²) >= 11 is 0. The number of anilines is 1. The number of aliphatic hydroxyl groups is 1. The molecule has 0 bridgehead atoms. The van der Waals surface area contributed by atoms with Crippen LogP contribution in [-0.4, -0.2) is 42.5 Å².